The number of pyridine rings is 1. The van der Waals surface area contributed by atoms with Crippen LogP contribution in [-0.2, 0) is 11.0 Å². The van der Waals surface area contributed by atoms with Gasteiger partial charge in [-0.1, -0.05) is 0 Å². The number of rotatable bonds is 4. The Balaban J connectivity index is 1.22. The molecule has 5 heterocycles. The van der Waals surface area contributed by atoms with Crippen molar-refractivity contribution in [3.63, 3.8) is 0 Å². The molecule has 7 nitrogen and oxygen atoms in total. The number of halogens is 3. The molecule has 0 spiro atoms. The number of methoxy groups -OCH3 is 1. The van der Waals surface area contributed by atoms with E-state index in [1.807, 2.05) is 28.0 Å². The highest BCUT2D eigenvalue weighted by atomic mass is 32.2. The lowest BCUT2D eigenvalue weighted by Crippen LogP contribution is -2.60. The number of thioether (sulfide) groups is 1. The van der Waals surface area contributed by atoms with Crippen LogP contribution in [0.15, 0.2) is 60.0 Å². The number of quaternary nitrogens is 1. The number of ether oxygens (including phenoxy) is 1. The van der Waals surface area contributed by atoms with E-state index in [1.165, 1.54) is 13.2 Å². The van der Waals surface area contributed by atoms with Crippen molar-refractivity contribution in [3.8, 4) is 5.75 Å². The highest BCUT2D eigenvalue weighted by molar-refractivity contribution is 7.99. The first-order valence-corrected chi connectivity index (χ1v) is 13.4. The summed E-state index contributed by atoms with van der Waals surface area (Å²) < 4.78 is 47.5. The molecular formula is C26H27F3N5O2S+. The minimum absolute atomic E-state index is 0.0290. The second-order valence-corrected chi connectivity index (χ2v) is 10.6. The van der Waals surface area contributed by atoms with Gasteiger partial charge < -0.3 is 14.5 Å². The summed E-state index contributed by atoms with van der Waals surface area (Å²) in [5, 5.41) is 2.32. The SMILES string of the molecule is COc1ccc2nc(N3CCN([N@@+]45C=CC=C4C=C(C(=O)N4CCSC4)C5)CC3)cc(C(F)(F)F)c2c1. The van der Waals surface area contributed by atoms with E-state index in [-0.39, 0.29) is 16.8 Å². The third-order valence-corrected chi connectivity index (χ3v) is 8.45. The fourth-order valence-electron chi connectivity index (χ4n) is 5.55. The van der Waals surface area contributed by atoms with Gasteiger partial charge in [-0.15, -0.1) is 16.8 Å². The van der Waals surface area contributed by atoms with E-state index in [0.29, 0.717) is 48.9 Å². The van der Waals surface area contributed by atoms with E-state index in [9.17, 15) is 18.0 Å². The lowest BCUT2D eigenvalue weighted by molar-refractivity contribution is -0.948. The Hall–Kier alpha value is -3.02. The van der Waals surface area contributed by atoms with E-state index in [2.05, 4.69) is 16.2 Å². The Labute approximate surface area is 217 Å². The van der Waals surface area contributed by atoms with Crippen LogP contribution >= 0.6 is 11.8 Å². The summed E-state index contributed by atoms with van der Waals surface area (Å²) in [6.45, 7) is 3.65. The predicted octanol–water partition coefficient (Wildman–Crippen LogP) is 4.00. The van der Waals surface area contributed by atoms with Crippen LogP contribution in [0, 0.1) is 0 Å². The van der Waals surface area contributed by atoms with Crippen molar-refractivity contribution < 1.29 is 27.3 Å². The second-order valence-electron chi connectivity index (χ2n) is 9.54. The summed E-state index contributed by atoms with van der Waals surface area (Å²) in [7, 11) is 1.43. The van der Waals surface area contributed by atoms with Crippen LogP contribution in [0.5, 0.6) is 5.75 Å². The molecule has 1 atom stereocenters. The molecule has 194 valence electrons. The Morgan fingerprint density at radius 3 is 2.65 bits per heavy atom. The van der Waals surface area contributed by atoms with Crippen LogP contribution in [0.3, 0.4) is 0 Å². The fourth-order valence-corrected chi connectivity index (χ4v) is 6.49. The molecule has 4 aliphatic rings. The normalized spacial score (nSPS) is 24.0. The zero-order chi connectivity index (χ0) is 25.8. The first-order valence-electron chi connectivity index (χ1n) is 12.2. The monoisotopic (exact) mass is 530 g/mol. The van der Waals surface area contributed by atoms with Crippen LogP contribution < -0.4 is 9.64 Å². The number of carbonyl (C=O) groups is 1. The van der Waals surface area contributed by atoms with Gasteiger partial charge in [-0.2, -0.15) is 17.8 Å². The van der Waals surface area contributed by atoms with Gasteiger partial charge in [0.15, 0.2) is 5.70 Å². The third-order valence-electron chi connectivity index (χ3n) is 7.49. The highest BCUT2D eigenvalue weighted by Gasteiger charge is 2.48. The van der Waals surface area contributed by atoms with Gasteiger partial charge >= 0.3 is 6.18 Å². The molecule has 1 aromatic heterocycles. The molecule has 2 fully saturated rings. The molecule has 2 saturated heterocycles. The molecule has 1 amide bonds. The molecule has 0 bridgehead atoms. The molecule has 4 aliphatic heterocycles. The average molecular weight is 531 g/mol. The van der Waals surface area contributed by atoms with Crippen molar-refractivity contribution >= 4 is 34.4 Å². The molecule has 0 radical (unpaired) electrons. The van der Waals surface area contributed by atoms with Crippen molar-refractivity contribution in [2.75, 3.05) is 62.9 Å². The van der Waals surface area contributed by atoms with E-state index < -0.39 is 11.7 Å². The molecule has 0 N–H and O–H groups in total. The maximum atomic E-state index is 14.0. The lowest BCUT2D eigenvalue weighted by atomic mass is 10.1. The van der Waals surface area contributed by atoms with Gasteiger partial charge in [-0.3, -0.25) is 4.79 Å². The van der Waals surface area contributed by atoms with Gasteiger partial charge in [0.2, 0.25) is 0 Å². The summed E-state index contributed by atoms with van der Waals surface area (Å²) in [4.78, 5) is 21.4. The van der Waals surface area contributed by atoms with Gasteiger partial charge in [0.25, 0.3) is 5.91 Å². The standard InChI is InChI=1S/C26H27F3N5O2S/c1-36-20-4-5-23-21(14-20)22(26(27,28)29)15-24(30-23)31-6-8-33(9-7-31)34-11-2-3-19(34)13-18(16-34)25(35)32-10-12-37-17-32/h2-5,11,13-15H,6-10,12,16-17H2,1H3/q+1/t34-/m1/s1. The van der Waals surface area contributed by atoms with Crippen molar-refractivity contribution in [1.82, 2.24) is 14.9 Å². The topological polar surface area (TPSA) is 48.9 Å². The zero-order valence-corrected chi connectivity index (χ0v) is 21.2. The largest absolute Gasteiger partial charge is 0.497 e. The van der Waals surface area contributed by atoms with Crippen molar-refractivity contribution in [1.29, 1.82) is 0 Å². The lowest BCUT2D eigenvalue weighted by Gasteiger charge is -2.44. The molecule has 0 saturated carbocycles. The van der Waals surface area contributed by atoms with Gasteiger partial charge in [0.1, 0.15) is 24.3 Å². The van der Waals surface area contributed by atoms with E-state index in [4.69, 9.17) is 4.74 Å². The molecule has 6 rings (SSSR count). The minimum Gasteiger partial charge on any atom is -0.497 e. The molecule has 37 heavy (non-hydrogen) atoms. The Bertz CT molecular complexity index is 1340. The summed E-state index contributed by atoms with van der Waals surface area (Å²) >= 11 is 1.77. The number of alkyl halides is 3. The van der Waals surface area contributed by atoms with Crippen molar-refractivity contribution in [3.05, 3.63) is 65.5 Å². The minimum atomic E-state index is -4.51. The maximum Gasteiger partial charge on any atom is 0.417 e. The number of carbonyl (C=O) groups excluding carboxylic acids is 1. The van der Waals surface area contributed by atoms with Crippen molar-refractivity contribution in [2.24, 2.45) is 0 Å². The molecule has 11 heteroatoms. The van der Waals surface area contributed by atoms with Crippen LogP contribution in [0.2, 0.25) is 0 Å². The fraction of sp³-hybridized carbons (Fsp3) is 0.385. The number of hydrogen-bond donors (Lipinski definition) is 0. The number of amides is 1. The number of nitrogens with zero attached hydrogens (tertiary/aromatic N) is 5. The first-order chi connectivity index (χ1) is 17.8. The molecule has 1 aromatic carbocycles. The van der Waals surface area contributed by atoms with E-state index in [1.54, 1.807) is 23.9 Å². The first kappa shape index (κ1) is 24.3. The molecule has 0 unspecified atom stereocenters. The van der Waals surface area contributed by atoms with Crippen LogP contribution in [0.25, 0.3) is 10.9 Å². The molecule has 0 aliphatic carbocycles. The quantitative estimate of drug-likeness (QED) is 0.557. The van der Waals surface area contributed by atoms with Crippen LogP contribution in [0.4, 0.5) is 19.0 Å². The summed E-state index contributed by atoms with van der Waals surface area (Å²) in [5.41, 5.74) is 1.44. The average Bonchev–Trinajstić information content (AvgIpc) is 3.64. The van der Waals surface area contributed by atoms with Crippen molar-refractivity contribution in [2.45, 2.75) is 6.18 Å². The predicted molar refractivity (Wildman–Crippen MR) is 137 cm³/mol. The van der Waals surface area contributed by atoms with Gasteiger partial charge in [0.05, 0.1) is 42.7 Å². The number of aromatic nitrogens is 1. The summed E-state index contributed by atoms with van der Waals surface area (Å²) in [6.07, 6.45) is 3.65. The summed E-state index contributed by atoms with van der Waals surface area (Å²) in [5.74, 6) is 2.48. The number of benzene rings is 1. The zero-order valence-electron chi connectivity index (χ0n) is 20.4. The number of hydrogen-bond acceptors (Lipinski definition) is 6. The number of anilines is 1. The Morgan fingerprint density at radius 1 is 1.14 bits per heavy atom. The van der Waals surface area contributed by atoms with Crippen LogP contribution in [-0.4, -0.2) is 83.4 Å². The third kappa shape index (κ3) is 4.18. The van der Waals surface area contributed by atoms with Crippen LogP contribution in [0.1, 0.15) is 5.56 Å². The number of fused-ring (bicyclic) bond motifs is 2. The van der Waals surface area contributed by atoms with Gasteiger partial charge in [-0.25, -0.2) is 4.98 Å². The molecule has 2 aromatic rings. The summed E-state index contributed by atoms with van der Waals surface area (Å²) in [6, 6.07) is 5.73. The smallest absolute Gasteiger partial charge is 0.417 e. The Morgan fingerprint density at radius 2 is 1.95 bits per heavy atom. The molecular weight excluding hydrogens is 503 g/mol. The van der Waals surface area contributed by atoms with E-state index >= 15 is 0 Å². The Kier molecular flexibility index (Phi) is 5.96. The van der Waals surface area contributed by atoms with Gasteiger partial charge in [-0.05, 0) is 30.3 Å². The highest BCUT2D eigenvalue weighted by Crippen LogP contribution is 2.40. The maximum absolute atomic E-state index is 14.0. The van der Waals surface area contributed by atoms with Gasteiger partial charge in [0, 0.05) is 42.9 Å². The second kappa shape index (κ2) is 9.07. The van der Waals surface area contributed by atoms with E-state index in [0.717, 1.165) is 35.5 Å². The number of piperazine rings is 1. The number of allylic oxidation sites excluding steroid dienone is 3.